The van der Waals surface area contributed by atoms with Crippen molar-refractivity contribution in [3.05, 3.63) is 72.8 Å². The van der Waals surface area contributed by atoms with Crippen molar-refractivity contribution in [3.8, 4) is 0 Å². The summed E-state index contributed by atoms with van der Waals surface area (Å²) in [4.78, 5) is 2.40. The zero-order chi connectivity index (χ0) is 19.4. The third-order valence-electron chi connectivity index (χ3n) is 3.98. The Hall–Kier alpha value is -3.19. The minimum atomic E-state index is -3.59. The summed E-state index contributed by atoms with van der Waals surface area (Å²) >= 11 is 0. The van der Waals surface area contributed by atoms with Crippen LogP contribution in [0.15, 0.2) is 92.8 Å². The van der Waals surface area contributed by atoms with Gasteiger partial charge < -0.3 is 10.6 Å². The lowest BCUT2D eigenvalue weighted by Crippen LogP contribution is -2.07. The minimum absolute atomic E-state index is 0.196. The van der Waals surface area contributed by atoms with Crippen LogP contribution in [0.4, 0.5) is 22.7 Å². The first-order valence-electron chi connectivity index (χ1n) is 8.26. The number of sulfone groups is 1. The summed E-state index contributed by atoms with van der Waals surface area (Å²) in [6, 6.07) is 20.1. The summed E-state index contributed by atoms with van der Waals surface area (Å²) in [5.41, 5.74) is 8.50. The van der Waals surface area contributed by atoms with Crippen molar-refractivity contribution in [3.63, 3.8) is 0 Å². The first-order valence-corrected chi connectivity index (χ1v) is 9.74. The van der Waals surface area contributed by atoms with Gasteiger partial charge in [0.1, 0.15) is 0 Å². The molecule has 0 aliphatic rings. The maximum absolute atomic E-state index is 12.6. The molecule has 0 aromatic heterocycles. The van der Waals surface area contributed by atoms with Gasteiger partial charge in [0.15, 0.2) is 0 Å². The fourth-order valence-corrected chi connectivity index (χ4v) is 3.67. The molecule has 0 saturated heterocycles. The Morgan fingerprint density at radius 2 is 1.11 bits per heavy atom. The maximum atomic E-state index is 12.6. The van der Waals surface area contributed by atoms with Gasteiger partial charge in [0.05, 0.1) is 21.2 Å². The second-order valence-electron chi connectivity index (χ2n) is 6.18. The van der Waals surface area contributed by atoms with Crippen molar-refractivity contribution >= 4 is 32.6 Å². The largest absolute Gasteiger partial charge is 0.399 e. The van der Waals surface area contributed by atoms with Gasteiger partial charge in [-0.2, -0.15) is 10.2 Å². The van der Waals surface area contributed by atoms with Crippen molar-refractivity contribution in [1.82, 2.24) is 0 Å². The van der Waals surface area contributed by atoms with Crippen LogP contribution in [-0.2, 0) is 9.84 Å². The van der Waals surface area contributed by atoms with E-state index in [2.05, 4.69) is 10.2 Å². The highest BCUT2D eigenvalue weighted by Crippen LogP contribution is 2.25. The summed E-state index contributed by atoms with van der Waals surface area (Å²) in [5.74, 6) is 0. The molecule has 2 N–H and O–H groups in total. The van der Waals surface area contributed by atoms with E-state index in [9.17, 15) is 8.42 Å². The fraction of sp³-hybridized carbons (Fsp3) is 0.100. The van der Waals surface area contributed by atoms with Crippen LogP contribution in [0.5, 0.6) is 0 Å². The monoisotopic (exact) mass is 380 g/mol. The Bertz CT molecular complexity index is 1040. The molecule has 0 bridgehead atoms. The van der Waals surface area contributed by atoms with Crippen molar-refractivity contribution in [2.75, 3.05) is 24.7 Å². The molecule has 3 rings (SSSR count). The van der Waals surface area contributed by atoms with Gasteiger partial charge in [0, 0.05) is 25.5 Å². The smallest absolute Gasteiger partial charge is 0.206 e. The first kappa shape index (κ1) is 18.6. The normalized spacial score (nSPS) is 11.6. The molecular weight excluding hydrogens is 360 g/mol. The molecule has 6 nitrogen and oxygen atoms in total. The average molecular weight is 380 g/mol. The minimum Gasteiger partial charge on any atom is -0.399 e. The number of azo groups is 1. The Morgan fingerprint density at radius 1 is 0.704 bits per heavy atom. The molecule has 0 amide bonds. The molecule has 0 unspecified atom stereocenters. The third-order valence-corrected chi connectivity index (χ3v) is 5.77. The standard InChI is InChI=1S/C20H20N4O2S/c1-24(2)18-9-5-16(6-10-18)22-23-17-7-13-20(14-8-17)27(25,26)19-11-3-15(21)4-12-19/h3-14H,21H2,1-2H3. The van der Waals surface area contributed by atoms with Crippen LogP contribution < -0.4 is 10.6 Å². The average Bonchev–Trinajstić information content (AvgIpc) is 2.67. The summed E-state index contributed by atoms with van der Waals surface area (Å²) in [6.07, 6.45) is 0. The molecule has 138 valence electrons. The Labute approximate surface area is 158 Å². The third kappa shape index (κ3) is 4.32. The topological polar surface area (TPSA) is 88.1 Å². The highest BCUT2D eigenvalue weighted by molar-refractivity contribution is 7.91. The first-order chi connectivity index (χ1) is 12.9. The Morgan fingerprint density at radius 3 is 1.56 bits per heavy atom. The Balaban J connectivity index is 1.77. The van der Waals surface area contributed by atoms with Gasteiger partial charge in [-0.15, -0.1) is 0 Å². The van der Waals surface area contributed by atoms with Crippen molar-refractivity contribution < 1.29 is 8.42 Å². The molecule has 0 atom stereocenters. The van der Waals surface area contributed by atoms with Crippen LogP contribution in [-0.4, -0.2) is 22.5 Å². The zero-order valence-corrected chi connectivity index (χ0v) is 15.9. The van der Waals surface area contributed by atoms with Crippen LogP contribution in [0.3, 0.4) is 0 Å². The summed E-state index contributed by atoms with van der Waals surface area (Å²) in [5, 5.41) is 8.34. The lowest BCUT2D eigenvalue weighted by molar-refractivity contribution is 0.596. The molecule has 0 aliphatic carbocycles. The number of rotatable bonds is 5. The molecule has 27 heavy (non-hydrogen) atoms. The molecule has 3 aromatic carbocycles. The van der Waals surface area contributed by atoms with Crippen LogP contribution in [0, 0.1) is 0 Å². The number of anilines is 2. The second kappa shape index (κ2) is 7.59. The predicted octanol–water partition coefficient (Wildman–Crippen LogP) is 4.58. The maximum Gasteiger partial charge on any atom is 0.206 e. The summed E-state index contributed by atoms with van der Waals surface area (Å²) in [7, 11) is 0.353. The quantitative estimate of drug-likeness (QED) is 0.518. The number of nitrogen functional groups attached to an aromatic ring is 1. The molecule has 0 radical (unpaired) electrons. The lowest BCUT2D eigenvalue weighted by atomic mass is 10.3. The molecule has 0 aliphatic heterocycles. The SMILES string of the molecule is CN(C)c1ccc(N=Nc2ccc(S(=O)(=O)c3ccc(N)cc3)cc2)cc1. The van der Waals surface area contributed by atoms with Gasteiger partial charge in [-0.3, -0.25) is 0 Å². The van der Waals surface area contributed by atoms with Crippen molar-refractivity contribution in [2.24, 2.45) is 10.2 Å². The van der Waals surface area contributed by atoms with Crippen LogP contribution in [0.2, 0.25) is 0 Å². The fourth-order valence-electron chi connectivity index (χ4n) is 2.41. The number of nitrogens with zero attached hydrogens (tertiary/aromatic N) is 3. The zero-order valence-electron chi connectivity index (χ0n) is 15.1. The van der Waals surface area contributed by atoms with Crippen LogP contribution in [0.25, 0.3) is 0 Å². The van der Waals surface area contributed by atoms with E-state index in [4.69, 9.17) is 5.73 Å². The predicted molar refractivity (Wildman–Crippen MR) is 108 cm³/mol. The molecule has 0 spiro atoms. The number of hydrogen-bond donors (Lipinski definition) is 1. The number of benzene rings is 3. The molecule has 0 heterocycles. The summed E-state index contributed by atoms with van der Waals surface area (Å²) < 4.78 is 25.2. The van der Waals surface area contributed by atoms with Gasteiger partial charge in [-0.1, -0.05) is 0 Å². The van der Waals surface area contributed by atoms with E-state index >= 15 is 0 Å². The highest BCUT2D eigenvalue weighted by Gasteiger charge is 2.17. The van der Waals surface area contributed by atoms with Gasteiger partial charge in [0.25, 0.3) is 0 Å². The van der Waals surface area contributed by atoms with E-state index in [0.29, 0.717) is 11.4 Å². The lowest BCUT2D eigenvalue weighted by Gasteiger charge is -2.11. The van der Waals surface area contributed by atoms with E-state index < -0.39 is 9.84 Å². The van der Waals surface area contributed by atoms with E-state index in [1.807, 2.05) is 43.3 Å². The van der Waals surface area contributed by atoms with E-state index in [1.54, 1.807) is 24.3 Å². The molecule has 0 saturated carbocycles. The van der Waals surface area contributed by atoms with Gasteiger partial charge >= 0.3 is 0 Å². The van der Waals surface area contributed by atoms with Gasteiger partial charge in [-0.25, -0.2) is 8.42 Å². The van der Waals surface area contributed by atoms with Crippen molar-refractivity contribution in [2.45, 2.75) is 9.79 Å². The van der Waals surface area contributed by atoms with Crippen molar-refractivity contribution in [1.29, 1.82) is 0 Å². The van der Waals surface area contributed by atoms with E-state index in [0.717, 1.165) is 11.4 Å². The van der Waals surface area contributed by atoms with Gasteiger partial charge in [0.2, 0.25) is 9.84 Å². The van der Waals surface area contributed by atoms with E-state index in [1.165, 1.54) is 24.3 Å². The van der Waals surface area contributed by atoms with Gasteiger partial charge in [-0.05, 0) is 72.8 Å². The summed E-state index contributed by atoms with van der Waals surface area (Å²) in [6.45, 7) is 0. The van der Waals surface area contributed by atoms with E-state index in [-0.39, 0.29) is 9.79 Å². The Kier molecular flexibility index (Phi) is 5.23. The number of hydrogen-bond acceptors (Lipinski definition) is 6. The second-order valence-corrected chi connectivity index (χ2v) is 8.13. The molecule has 0 fully saturated rings. The molecule has 7 heteroatoms. The highest BCUT2D eigenvalue weighted by atomic mass is 32.2. The molecule has 3 aromatic rings. The number of nitrogens with two attached hydrogens (primary N) is 1. The van der Waals surface area contributed by atoms with Crippen LogP contribution >= 0.6 is 0 Å². The molecular formula is C20H20N4O2S. The van der Waals surface area contributed by atoms with Crippen LogP contribution in [0.1, 0.15) is 0 Å².